The molecule has 2 aromatic heterocycles. The monoisotopic (exact) mass is 432 g/mol. The molecule has 11 heteroatoms. The number of amides is 2. The number of thioether (sulfide) groups is 1. The van der Waals surface area contributed by atoms with Crippen LogP contribution in [0.2, 0.25) is 0 Å². The minimum absolute atomic E-state index is 0.00253. The Bertz CT molecular complexity index is 1090. The van der Waals surface area contributed by atoms with Gasteiger partial charge < -0.3 is 4.74 Å². The lowest BCUT2D eigenvalue weighted by molar-refractivity contribution is -0.132. The zero-order valence-electron chi connectivity index (χ0n) is 16.9. The summed E-state index contributed by atoms with van der Waals surface area (Å²) in [5.74, 6) is -0.557. The molecule has 0 aliphatic carbocycles. The standard InChI is InChI=1S/C19H21FN6O3S/c1-10-15(11(2)26-18(21-10)22-19(25-26)30-4)9-16(27)23-24-17(28)12(3)29-14-7-5-13(20)6-8-14/h5-8,12H,9H2,1-4H3,(H,23,27)(H,24,28). The van der Waals surface area contributed by atoms with Crippen molar-refractivity contribution >= 4 is 29.4 Å². The number of hydrazine groups is 1. The average Bonchev–Trinajstić information content (AvgIpc) is 3.14. The molecular formula is C19H21FN6O3S. The smallest absolute Gasteiger partial charge is 0.279 e. The van der Waals surface area contributed by atoms with Crippen molar-refractivity contribution in [2.24, 2.45) is 0 Å². The van der Waals surface area contributed by atoms with Gasteiger partial charge >= 0.3 is 0 Å². The van der Waals surface area contributed by atoms with Crippen LogP contribution in [-0.2, 0) is 16.0 Å². The van der Waals surface area contributed by atoms with Gasteiger partial charge in [0.1, 0.15) is 11.6 Å². The number of fused-ring (bicyclic) bond motifs is 1. The Morgan fingerprint density at radius 3 is 2.57 bits per heavy atom. The number of benzene rings is 1. The highest BCUT2D eigenvalue weighted by Crippen LogP contribution is 2.17. The predicted molar refractivity (Wildman–Crippen MR) is 109 cm³/mol. The first-order chi connectivity index (χ1) is 14.3. The average molecular weight is 432 g/mol. The van der Waals surface area contributed by atoms with Gasteiger partial charge in [-0.1, -0.05) is 11.8 Å². The minimum Gasteiger partial charge on any atom is -0.481 e. The topological polar surface area (TPSA) is 111 Å². The van der Waals surface area contributed by atoms with E-state index in [9.17, 15) is 14.0 Å². The summed E-state index contributed by atoms with van der Waals surface area (Å²) >= 11 is 1.40. The van der Waals surface area contributed by atoms with Crippen LogP contribution < -0.4 is 15.6 Å². The molecule has 1 atom stereocenters. The van der Waals surface area contributed by atoms with Crippen LogP contribution in [0.5, 0.6) is 5.75 Å². The molecule has 0 saturated carbocycles. The first kappa shape index (κ1) is 21.5. The molecule has 2 heterocycles. The quantitative estimate of drug-likeness (QED) is 0.451. The van der Waals surface area contributed by atoms with Gasteiger partial charge in [-0.3, -0.25) is 20.4 Å². The lowest BCUT2D eigenvalue weighted by Gasteiger charge is -2.15. The molecule has 0 spiro atoms. The van der Waals surface area contributed by atoms with Crippen molar-refractivity contribution in [1.29, 1.82) is 0 Å². The Kier molecular flexibility index (Phi) is 6.50. The zero-order valence-corrected chi connectivity index (χ0v) is 17.7. The van der Waals surface area contributed by atoms with Crippen LogP contribution in [0.4, 0.5) is 4.39 Å². The molecule has 0 fully saturated rings. The van der Waals surface area contributed by atoms with Crippen molar-refractivity contribution in [2.75, 3.05) is 6.26 Å². The summed E-state index contributed by atoms with van der Waals surface area (Å²) in [7, 11) is 0. The molecule has 3 rings (SSSR count). The Hall–Kier alpha value is -3.21. The first-order valence-electron chi connectivity index (χ1n) is 9.06. The highest BCUT2D eigenvalue weighted by atomic mass is 32.2. The van der Waals surface area contributed by atoms with Gasteiger partial charge in [0.15, 0.2) is 6.10 Å². The zero-order chi connectivity index (χ0) is 21.8. The Labute approximate surface area is 176 Å². The molecule has 3 aromatic rings. The number of ether oxygens (including phenoxy) is 1. The van der Waals surface area contributed by atoms with Crippen molar-refractivity contribution < 1.29 is 18.7 Å². The SMILES string of the molecule is CSc1nc2nc(C)c(CC(=O)NNC(=O)C(C)Oc3ccc(F)cc3)c(C)n2n1. The van der Waals surface area contributed by atoms with E-state index in [2.05, 4.69) is 25.9 Å². The summed E-state index contributed by atoms with van der Waals surface area (Å²) < 4.78 is 20.0. The largest absolute Gasteiger partial charge is 0.481 e. The molecule has 9 nitrogen and oxygen atoms in total. The highest BCUT2D eigenvalue weighted by Gasteiger charge is 2.18. The van der Waals surface area contributed by atoms with E-state index in [1.54, 1.807) is 11.4 Å². The van der Waals surface area contributed by atoms with Crippen LogP contribution in [0.15, 0.2) is 29.4 Å². The molecule has 0 saturated heterocycles. The highest BCUT2D eigenvalue weighted by molar-refractivity contribution is 7.98. The van der Waals surface area contributed by atoms with Gasteiger partial charge in [0.05, 0.1) is 6.42 Å². The number of hydrogen-bond acceptors (Lipinski definition) is 7. The summed E-state index contributed by atoms with van der Waals surface area (Å²) in [4.78, 5) is 33.2. The van der Waals surface area contributed by atoms with E-state index in [-0.39, 0.29) is 6.42 Å². The van der Waals surface area contributed by atoms with E-state index < -0.39 is 23.7 Å². The number of carbonyl (C=O) groups is 2. The fourth-order valence-electron chi connectivity index (χ4n) is 2.74. The lowest BCUT2D eigenvalue weighted by atomic mass is 10.1. The summed E-state index contributed by atoms with van der Waals surface area (Å²) in [6.07, 6.45) is 0.981. The summed E-state index contributed by atoms with van der Waals surface area (Å²) in [6, 6.07) is 5.29. The third-order valence-corrected chi connectivity index (χ3v) is 4.91. The van der Waals surface area contributed by atoms with Gasteiger partial charge in [-0.05, 0) is 51.3 Å². The molecular weight excluding hydrogens is 411 g/mol. The molecule has 2 amide bonds. The number of aromatic nitrogens is 4. The molecule has 158 valence electrons. The van der Waals surface area contributed by atoms with Crippen molar-refractivity contribution in [3.63, 3.8) is 0 Å². The van der Waals surface area contributed by atoms with Gasteiger partial charge in [0.2, 0.25) is 11.1 Å². The third kappa shape index (κ3) is 4.85. The van der Waals surface area contributed by atoms with Crippen LogP contribution in [0.25, 0.3) is 5.78 Å². The van der Waals surface area contributed by atoms with Crippen molar-refractivity contribution in [1.82, 2.24) is 30.4 Å². The number of nitrogens with zero attached hydrogens (tertiary/aromatic N) is 4. The summed E-state index contributed by atoms with van der Waals surface area (Å²) in [5, 5.41) is 4.94. The predicted octanol–water partition coefficient (Wildman–Crippen LogP) is 1.76. The van der Waals surface area contributed by atoms with E-state index in [1.165, 1.54) is 43.0 Å². The van der Waals surface area contributed by atoms with E-state index in [4.69, 9.17) is 4.74 Å². The van der Waals surface area contributed by atoms with Crippen LogP contribution in [-0.4, -0.2) is 43.8 Å². The molecule has 2 N–H and O–H groups in total. The number of rotatable bonds is 6. The lowest BCUT2D eigenvalue weighted by Crippen LogP contribution is -2.47. The van der Waals surface area contributed by atoms with Crippen LogP contribution >= 0.6 is 11.8 Å². The molecule has 30 heavy (non-hydrogen) atoms. The van der Waals surface area contributed by atoms with Crippen LogP contribution in [0.3, 0.4) is 0 Å². The van der Waals surface area contributed by atoms with Crippen molar-refractivity contribution in [3.8, 4) is 5.75 Å². The van der Waals surface area contributed by atoms with Gasteiger partial charge in [-0.25, -0.2) is 13.9 Å². The van der Waals surface area contributed by atoms with E-state index in [1.807, 2.05) is 13.2 Å². The van der Waals surface area contributed by atoms with Crippen molar-refractivity contribution in [3.05, 3.63) is 47.0 Å². The molecule has 0 aliphatic heterocycles. The molecule has 1 aromatic carbocycles. The number of carbonyl (C=O) groups excluding carboxylic acids is 2. The maximum atomic E-state index is 12.9. The fraction of sp³-hybridized carbons (Fsp3) is 0.316. The Balaban J connectivity index is 1.60. The van der Waals surface area contributed by atoms with Gasteiger partial charge in [-0.2, -0.15) is 4.98 Å². The molecule has 0 radical (unpaired) electrons. The minimum atomic E-state index is -0.891. The first-order valence-corrected chi connectivity index (χ1v) is 10.3. The number of aryl methyl sites for hydroxylation is 2. The molecule has 0 bridgehead atoms. The number of halogens is 1. The number of hydrogen-bond donors (Lipinski definition) is 2. The molecule has 1 unspecified atom stereocenters. The van der Waals surface area contributed by atoms with E-state index >= 15 is 0 Å². The fourth-order valence-corrected chi connectivity index (χ4v) is 3.08. The van der Waals surface area contributed by atoms with Crippen molar-refractivity contribution in [2.45, 2.75) is 38.5 Å². The van der Waals surface area contributed by atoms with E-state index in [0.717, 1.165) is 5.69 Å². The van der Waals surface area contributed by atoms with Gasteiger partial charge in [0.25, 0.3) is 11.7 Å². The maximum Gasteiger partial charge on any atom is 0.279 e. The summed E-state index contributed by atoms with van der Waals surface area (Å²) in [5.41, 5.74) is 6.81. The molecule has 0 aliphatic rings. The number of nitrogens with one attached hydrogen (secondary N) is 2. The normalized spacial score (nSPS) is 11.9. The third-order valence-electron chi connectivity index (χ3n) is 4.37. The maximum absolute atomic E-state index is 12.9. The Morgan fingerprint density at radius 2 is 1.90 bits per heavy atom. The summed E-state index contributed by atoms with van der Waals surface area (Å²) in [6.45, 7) is 5.14. The van der Waals surface area contributed by atoms with Crippen LogP contribution in [0.1, 0.15) is 23.9 Å². The van der Waals surface area contributed by atoms with Crippen LogP contribution in [0, 0.1) is 19.7 Å². The Morgan fingerprint density at radius 1 is 1.20 bits per heavy atom. The van der Waals surface area contributed by atoms with E-state index in [0.29, 0.717) is 27.9 Å². The second kappa shape index (κ2) is 9.08. The van der Waals surface area contributed by atoms with Gasteiger partial charge in [-0.15, -0.1) is 5.10 Å². The second-order valence-corrected chi connectivity index (χ2v) is 7.27. The van der Waals surface area contributed by atoms with Gasteiger partial charge in [0, 0.05) is 17.0 Å². The second-order valence-electron chi connectivity index (χ2n) is 6.50.